The van der Waals surface area contributed by atoms with Gasteiger partial charge in [0.2, 0.25) is 0 Å². The minimum absolute atomic E-state index is 0.0906. The van der Waals surface area contributed by atoms with Gasteiger partial charge in [-0.05, 0) is 26.8 Å². The maximum Gasteiger partial charge on any atom is 0.198 e. The molecule has 0 aromatic carbocycles. The average molecular weight is 193 g/mol. The predicted octanol–water partition coefficient (Wildman–Crippen LogP) is 3.23. The minimum Gasteiger partial charge on any atom is -0.288 e. The van der Waals surface area contributed by atoms with Crippen molar-refractivity contribution >= 4 is 29.0 Å². The van der Waals surface area contributed by atoms with Gasteiger partial charge in [-0.1, -0.05) is 28.8 Å². The van der Waals surface area contributed by atoms with Crippen LogP contribution in [0.15, 0.2) is 21.7 Å². The first kappa shape index (κ1) is 10.7. The number of halogens is 2. The SMILES string of the molecule is CC(C)=CC(=O)C(Cl)=C(C)Cl. The fraction of sp³-hybridized carbons (Fsp3) is 0.375. The van der Waals surface area contributed by atoms with E-state index in [-0.39, 0.29) is 10.8 Å². The van der Waals surface area contributed by atoms with Gasteiger partial charge in [0.25, 0.3) is 0 Å². The van der Waals surface area contributed by atoms with Crippen molar-refractivity contribution in [1.82, 2.24) is 0 Å². The summed E-state index contributed by atoms with van der Waals surface area (Å²) in [6, 6.07) is 0. The Morgan fingerprint density at radius 2 is 1.64 bits per heavy atom. The lowest BCUT2D eigenvalue weighted by Gasteiger charge is -1.93. The van der Waals surface area contributed by atoms with Gasteiger partial charge in [0, 0.05) is 5.03 Å². The normalized spacial score (nSPS) is 12.1. The predicted molar refractivity (Wildman–Crippen MR) is 48.8 cm³/mol. The molecule has 0 aliphatic heterocycles. The van der Waals surface area contributed by atoms with Crippen LogP contribution in [0.25, 0.3) is 0 Å². The maximum atomic E-state index is 11.0. The second-order valence-corrected chi connectivity index (χ2v) is 3.38. The van der Waals surface area contributed by atoms with Gasteiger partial charge in [-0.2, -0.15) is 0 Å². The third-order valence-electron chi connectivity index (χ3n) is 0.939. The van der Waals surface area contributed by atoms with E-state index >= 15 is 0 Å². The van der Waals surface area contributed by atoms with E-state index in [2.05, 4.69) is 0 Å². The molecule has 0 N–H and O–H groups in total. The van der Waals surface area contributed by atoms with E-state index in [1.54, 1.807) is 6.92 Å². The smallest absolute Gasteiger partial charge is 0.198 e. The Balaban J connectivity index is 4.54. The Kier molecular flexibility index (Phi) is 4.46. The largest absolute Gasteiger partial charge is 0.288 e. The first-order valence-electron chi connectivity index (χ1n) is 3.16. The summed E-state index contributed by atoms with van der Waals surface area (Å²) < 4.78 is 0. The highest BCUT2D eigenvalue weighted by atomic mass is 35.5. The number of hydrogen-bond acceptors (Lipinski definition) is 1. The molecule has 0 spiro atoms. The molecule has 0 bridgehead atoms. The minimum atomic E-state index is -0.237. The monoisotopic (exact) mass is 192 g/mol. The number of hydrogen-bond donors (Lipinski definition) is 0. The Morgan fingerprint density at radius 3 is 1.91 bits per heavy atom. The van der Waals surface area contributed by atoms with E-state index in [0.717, 1.165) is 5.57 Å². The second kappa shape index (κ2) is 4.58. The molecule has 3 heteroatoms. The highest BCUT2D eigenvalue weighted by molar-refractivity contribution is 6.49. The van der Waals surface area contributed by atoms with Crippen molar-refractivity contribution < 1.29 is 4.79 Å². The average Bonchev–Trinajstić information content (AvgIpc) is 1.84. The summed E-state index contributed by atoms with van der Waals surface area (Å²) in [5.74, 6) is -0.237. The summed E-state index contributed by atoms with van der Waals surface area (Å²) in [6.45, 7) is 5.23. The molecular weight excluding hydrogens is 183 g/mol. The molecule has 0 amide bonds. The third-order valence-corrected chi connectivity index (χ3v) is 1.69. The van der Waals surface area contributed by atoms with Crippen LogP contribution in [0.4, 0.5) is 0 Å². The van der Waals surface area contributed by atoms with E-state index in [0.29, 0.717) is 5.03 Å². The zero-order valence-corrected chi connectivity index (χ0v) is 8.25. The van der Waals surface area contributed by atoms with E-state index in [1.165, 1.54) is 6.08 Å². The molecule has 0 atom stereocenters. The summed E-state index contributed by atoms with van der Waals surface area (Å²) in [6.07, 6.45) is 1.45. The number of allylic oxidation sites excluding steroid dienone is 4. The molecule has 0 aromatic rings. The van der Waals surface area contributed by atoms with Crippen LogP contribution < -0.4 is 0 Å². The van der Waals surface area contributed by atoms with E-state index in [9.17, 15) is 4.79 Å². The summed E-state index contributed by atoms with van der Waals surface area (Å²) in [4.78, 5) is 11.0. The second-order valence-electron chi connectivity index (χ2n) is 2.43. The van der Waals surface area contributed by atoms with Crippen molar-refractivity contribution in [2.75, 3.05) is 0 Å². The zero-order chi connectivity index (χ0) is 9.02. The Hall–Kier alpha value is -0.270. The lowest BCUT2D eigenvalue weighted by Crippen LogP contribution is -1.93. The van der Waals surface area contributed by atoms with Crippen LogP contribution in [0, 0.1) is 0 Å². The fourth-order valence-corrected chi connectivity index (χ4v) is 0.643. The van der Waals surface area contributed by atoms with Crippen LogP contribution >= 0.6 is 23.2 Å². The molecule has 0 unspecified atom stereocenters. The molecule has 1 nitrogen and oxygen atoms in total. The molecular formula is C8H10Cl2O. The quantitative estimate of drug-likeness (QED) is 0.615. The summed E-state index contributed by atoms with van der Waals surface area (Å²) in [7, 11) is 0. The van der Waals surface area contributed by atoms with Crippen molar-refractivity contribution in [3.63, 3.8) is 0 Å². The van der Waals surface area contributed by atoms with E-state index in [4.69, 9.17) is 23.2 Å². The van der Waals surface area contributed by atoms with E-state index in [1.807, 2.05) is 13.8 Å². The van der Waals surface area contributed by atoms with Gasteiger partial charge < -0.3 is 0 Å². The number of carbonyl (C=O) groups excluding carboxylic acids is 1. The van der Waals surface area contributed by atoms with Crippen molar-refractivity contribution in [3.8, 4) is 0 Å². The molecule has 62 valence electrons. The van der Waals surface area contributed by atoms with Crippen LogP contribution in [0.2, 0.25) is 0 Å². The van der Waals surface area contributed by atoms with Gasteiger partial charge in [-0.3, -0.25) is 4.79 Å². The zero-order valence-electron chi connectivity index (χ0n) is 6.74. The number of ketones is 1. The van der Waals surface area contributed by atoms with Crippen molar-refractivity contribution in [3.05, 3.63) is 21.7 Å². The van der Waals surface area contributed by atoms with Crippen molar-refractivity contribution in [1.29, 1.82) is 0 Å². The third kappa shape index (κ3) is 4.23. The molecule has 0 saturated carbocycles. The lowest BCUT2D eigenvalue weighted by atomic mass is 10.2. The van der Waals surface area contributed by atoms with Gasteiger partial charge in [-0.15, -0.1) is 0 Å². The van der Waals surface area contributed by atoms with Crippen molar-refractivity contribution in [2.24, 2.45) is 0 Å². The molecule has 11 heavy (non-hydrogen) atoms. The highest BCUT2D eigenvalue weighted by Crippen LogP contribution is 2.14. The Bertz CT molecular complexity index is 218. The van der Waals surface area contributed by atoms with Crippen LogP contribution in [-0.4, -0.2) is 5.78 Å². The summed E-state index contributed by atoms with van der Waals surface area (Å²) >= 11 is 11.1. The van der Waals surface area contributed by atoms with Crippen LogP contribution in [0.3, 0.4) is 0 Å². The fourth-order valence-electron chi connectivity index (χ4n) is 0.495. The van der Waals surface area contributed by atoms with Crippen LogP contribution in [0.5, 0.6) is 0 Å². The van der Waals surface area contributed by atoms with Crippen molar-refractivity contribution in [2.45, 2.75) is 20.8 Å². The van der Waals surface area contributed by atoms with Gasteiger partial charge in [0.05, 0.1) is 0 Å². The Labute approximate surface area is 76.7 Å². The topological polar surface area (TPSA) is 17.1 Å². The Morgan fingerprint density at radius 1 is 1.18 bits per heavy atom. The first-order valence-corrected chi connectivity index (χ1v) is 3.92. The van der Waals surface area contributed by atoms with Crippen LogP contribution in [-0.2, 0) is 4.79 Å². The van der Waals surface area contributed by atoms with Gasteiger partial charge in [0.15, 0.2) is 5.78 Å². The number of carbonyl (C=O) groups is 1. The molecule has 0 saturated heterocycles. The lowest BCUT2D eigenvalue weighted by molar-refractivity contribution is -0.110. The number of rotatable bonds is 2. The molecule has 0 aromatic heterocycles. The summed E-state index contributed by atoms with van der Waals surface area (Å²) in [5, 5.41) is 0.419. The molecule has 0 fully saturated rings. The van der Waals surface area contributed by atoms with E-state index < -0.39 is 0 Å². The molecule has 0 rings (SSSR count). The maximum absolute atomic E-state index is 11.0. The molecule has 0 radical (unpaired) electrons. The van der Waals surface area contributed by atoms with Gasteiger partial charge in [0.1, 0.15) is 5.03 Å². The van der Waals surface area contributed by atoms with Gasteiger partial charge >= 0.3 is 0 Å². The molecule has 0 heterocycles. The first-order chi connectivity index (χ1) is 4.95. The standard InChI is InChI=1S/C8H10Cl2O/c1-5(2)4-7(11)8(10)6(3)9/h4H,1-3H3. The van der Waals surface area contributed by atoms with Crippen LogP contribution in [0.1, 0.15) is 20.8 Å². The summed E-state index contributed by atoms with van der Waals surface area (Å²) in [5.41, 5.74) is 0.908. The van der Waals surface area contributed by atoms with Gasteiger partial charge in [-0.25, -0.2) is 0 Å². The molecule has 0 aliphatic rings. The molecule has 0 aliphatic carbocycles. The highest BCUT2D eigenvalue weighted by Gasteiger charge is 2.05.